The molecule has 1 aromatic rings. The van der Waals surface area contributed by atoms with Gasteiger partial charge in [0.2, 0.25) is 0 Å². The number of ether oxygens (including phenoxy) is 1. The fraction of sp³-hybridized carbons (Fsp3) is 0.600. The molecule has 1 fully saturated rings. The van der Waals surface area contributed by atoms with Crippen molar-refractivity contribution in [3.63, 3.8) is 0 Å². The topological polar surface area (TPSA) is 9.23 Å². The molecule has 18 heavy (non-hydrogen) atoms. The summed E-state index contributed by atoms with van der Waals surface area (Å²) >= 11 is 10.3. The van der Waals surface area contributed by atoms with Crippen molar-refractivity contribution < 1.29 is 4.74 Å². The van der Waals surface area contributed by atoms with Gasteiger partial charge in [0.15, 0.2) is 0 Å². The summed E-state index contributed by atoms with van der Waals surface area (Å²) in [4.78, 5) is 0. The largest absolute Gasteiger partial charge is 0.496 e. The van der Waals surface area contributed by atoms with Crippen LogP contribution in [0.2, 0.25) is 0 Å². The minimum atomic E-state index is 0.0231. The van der Waals surface area contributed by atoms with Gasteiger partial charge in [0.25, 0.3) is 0 Å². The summed E-state index contributed by atoms with van der Waals surface area (Å²) in [6, 6.07) is 6.06. The Morgan fingerprint density at radius 3 is 2.72 bits per heavy atom. The van der Waals surface area contributed by atoms with Gasteiger partial charge in [-0.05, 0) is 42.4 Å². The summed E-state index contributed by atoms with van der Waals surface area (Å²) < 4.78 is 6.50. The van der Waals surface area contributed by atoms with Crippen LogP contribution >= 0.6 is 27.5 Å². The minimum Gasteiger partial charge on any atom is -0.496 e. The van der Waals surface area contributed by atoms with Gasteiger partial charge in [-0.2, -0.15) is 0 Å². The minimum absolute atomic E-state index is 0.0231. The van der Waals surface area contributed by atoms with Gasteiger partial charge < -0.3 is 4.74 Å². The SMILES string of the molecule is COc1ccc(Br)cc1C(Cl)C1CCCC1(C)C. The Morgan fingerprint density at radius 2 is 2.17 bits per heavy atom. The molecule has 2 rings (SSSR count). The van der Waals surface area contributed by atoms with Gasteiger partial charge in [-0.25, -0.2) is 0 Å². The van der Waals surface area contributed by atoms with E-state index < -0.39 is 0 Å². The lowest BCUT2D eigenvalue weighted by Crippen LogP contribution is -2.21. The van der Waals surface area contributed by atoms with Crippen molar-refractivity contribution in [3.8, 4) is 5.75 Å². The fourth-order valence-corrected chi connectivity index (χ4v) is 4.05. The lowest BCUT2D eigenvalue weighted by Gasteiger charge is -2.31. The van der Waals surface area contributed by atoms with Gasteiger partial charge in [0.1, 0.15) is 5.75 Å². The van der Waals surface area contributed by atoms with Crippen LogP contribution in [0.1, 0.15) is 44.1 Å². The predicted molar refractivity (Wildman–Crippen MR) is 80.4 cm³/mol. The molecule has 2 atom stereocenters. The van der Waals surface area contributed by atoms with E-state index in [9.17, 15) is 0 Å². The van der Waals surface area contributed by atoms with E-state index in [1.165, 1.54) is 19.3 Å². The van der Waals surface area contributed by atoms with Crippen molar-refractivity contribution in [2.24, 2.45) is 11.3 Å². The monoisotopic (exact) mass is 330 g/mol. The highest BCUT2D eigenvalue weighted by atomic mass is 79.9. The number of rotatable bonds is 3. The molecule has 1 aromatic carbocycles. The summed E-state index contributed by atoms with van der Waals surface area (Å²) in [6.45, 7) is 4.65. The van der Waals surface area contributed by atoms with E-state index in [2.05, 4.69) is 35.8 Å². The molecule has 1 aliphatic carbocycles. The number of alkyl halides is 1. The van der Waals surface area contributed by atoms with Crippen molar-refractivity contribution in [2.75, 3.05) is 7.11 Å². The molecule has 0 heterocycles. The normalized spacial score (nSPS) is 23.9. The van der Waals surface area contributed by atoms with Crippen LogP contribution in [0.15, 0.2) is 22.7 Å². The predicted octanol–water partition coefficient (Wildman–Crippen LogP) is 5.56. The van der Waals surface area contributed by atoms with E-state index in [0.717, 1.165) is 15.8 Å². The number of halogens is 2. The highest BCUT2D eigenvalue weighted by Gasteiger charge is 2.40. The zero-order valence-corrected chi connectivity index (χ0v) is 13.5. The molecule has 0 radical (unpaired) electrons. The van der Waals surface area contributed by atoms with Gasteiger partial charge in [-0.15, -0.1) is 11.6 Å². The zero-order chi connectivity index (χ0) is 13.3. The van der Waals surface area contributed by atoms with Crippen LogP contribution in [0.5, 0.6) is 5.75 Å². The first-order valence-electron chi connectivity index (χ1n) is 6.43. The Hall–Kier alpha value is -0.210. The molecule has 3 heteroatoms. The van der Waals surface area contributed by atoms with Crippen LogP contribution in [0.25, 0.3) is 0 Å². The smallest absolute Gasteiger partial charge is 0.123 e. The summed E-state index contributed by atoms with van der Waals surface area (Å²) in [5.74, 6) is 1.41. The molecule has 100 valence electrons. The quantitative estimate of drug-likeness (QED) is 0.658. The van der Waals surface area contributed by atoms with Gasteiger partial charge in [0.05, 0.1) is 12.5 Å². The lowest BCUT2D eigenvalue weighted by molar-refractivity contribution is 0.250. The molecule has 2 unspecified atom stereocenters. The maximum absolute atomic E-state index is 6.75. The lowest BCUT2D eigenvalue weighted by atomic mass is 9.78. The van der Waals surface area contributed by atoms with Crippen molar-refractivity contribution >= 4 is 27.5 Å². The number of hydrogen-bond acceptors (Lipinski definition) is 1. The first-order chi connectivity index (χ1) is 8.45. The first-order valence-corrected chi connectivity index (χ1v) is 7.66. The van der Waals surface area contributed by atoms with Crippen LogP contribution in [0.3, 0.4) is 0 Å². The second-order valence-electron chi connectivity index (χ2n) is 5.78. The van der Waals surface area contributed by atoms with Crippen molar-refractivity contribution in [1.29, 1.82) is 0 Å². The summed E-state index contributed by atoms with van der Waals surface area (Å²) in [6.07, 6.45) is 3.74. The Morgan fingerprint density at radius 1 is 1.44 bits per heavy atom. The van der Waals surface area contributed by atoms with Crippen LogP contribution in [-0.2, 0) is 0 Å². The summed E-state index contributed by atoms with van der Waals surface area (Å²) in [7, 11) is 1.70. The second-order valence-corrected chi connectivity index (χ2v) is 7.16. The van der Waals surface area contributed by atoms with E-state index in [-0.39, 0.29) is 5.38 Å². The average Bonchev–Trinajstić information content (AvgIpc) is 2.68. The van der Waals surface area contributed by atoms with Crippen LogP contribution < -0.4 is 4.74 Å². The van der Waals surface area contributed by atoms with E-state index in [0.29, 0.717) is 11.3 Å². The first kappa shape index (κ1) is 14.2. The van der Waals surface area contributed by atoms with Crippen molar-refractivity contribution in [3.05, 3.63) is 28.2 Å². The third-order valence-electron chi connectivity index (χ3n) is 4.18. The van der Waals surface area contributed by atoms with E-state index in [4.69, 9.17) is 16.3 Å². The van der Waals surface area contributed by atoms with E-state index in [1.807, 2.05) is 12.1 Å². The molecule has 1 nitrogen and oxygen atoms in total. The molecule has 0 amide bonds. The third kappa shape index (κ3) is 2.70. The van der Waals surface area contributed by atoms with Crippen molar-refractivity contribution in [2.45, 2.75) is 38.5 Å². The molecule has 1 saturated carbocycles. The van der Waals surface area contributed by atoms with Gasteiger partial charge in [0, 0.05) is 10.0 Å². The highest BCUT2D eigenvalue weighted by molar-refractivity contribution is 9.10. The van der Waals surface area contributed by atoms with E-state index >= 15 is 0 Å². The van der Waals surface area contributed by atoms with Crippen LogP contribution in [-0.4, -0.2) is 7.11 Å². The van der Waals surface area contributed by atoms with Crippen molar-refractivity contribution in [1.82, 2.24) is 0 Å². The maximum atomic E-state index is 6.75. The molecule has 0 bridgehead atoms. The summed E-state index contributed by atoms with van der Waals surface area (Å²) in [5, 5.41) is 0.0231. The van der Waals surface area contributed by atoms with E-state index in [1.54, 1.807) is 7.11 Å². The number of hydrogen-bond donors (Lipinski definition) is 0. The van der Waals surface area contributed by atoms with Gasteiger partial charge in [-0.1, -0.05) is 36.2 Å². The Kier molecular flexibility index (Phi) is 4.28. The zero-order valence-electron chi connectivity index (χ0n) is 11.2. The average molecular weight is 332 g/mol. The molecule has 0 spiro atoms. The van der Waals surface area contributed by atoms with Crippen LogP contribution in [0.4, 0.5) is 0 Å². The molecular formula is C15H20BrClO. The number of methoxy groups -OCH3 is 1. The highest BCUT2D eigenvalue weighted by Crippen LogP contribution is 2.52. The maximum Gasteiger partial charge on any atom is 0.123 e. The summed E-state index contributed by atoms with van der Waals surface area (Å²) in [5.41, 5.74) is 1.42. The van der Waals surface area contributed by atoms with Crippen LogP contribution in [0, 0.1) is 11.3 Å². The molecular weight excluding hydrogens is 312 g/mol. The second kappa shape index (κ2) is 5.42. The molecule has 1 aliphatic rings. The molecule has 0 saturated heterocycles. The Balaban J connectivity index is 2.33. The third-order valence-corrected chi connectivity index (χ3v) is 5.21. The standard InChI is InChI=1S/C15H20BrClO/c1-15(2)8-4-5-12(15)14(17)11-9-10(16)6-7-13(11)18-3/h6-7,9,12,14H,4-5,8H2,1-3H3. The number of benzene rings is 1. The fourth-order valence-electron chi connectivity index (χ4n) is 3.03. The van der Waals surface area contributed by atoms with Gasteiger partial charge >= 0.3 is 0 Å². The molecule has 0 aromatic heterocycles. The Labute approximate surface area is 123 Å². The Bertz CT molecular complexity index is 431. The molecule has 0 N–H and O–H groups in total. The van der Waals surface area contributed by atoms with Gasteiger partial charge in [-0.3, -0.25) is 0 Å². The molecule has 0 aliphatic heterocycles.